The fourth-order valence-corrected chi connectivity index (χ4v) is 5.69. The molecule has 1 aliphatic heterocycles. The van der Waals surface area contributed by atoms with E-state index in [1.807, 2.05) is 17.0 Å². The molecular weight excluding hydrogens is 523 g/mol. The van der Waals surface area contributed by atoms with Crippen LogP contribution < -0.4 is 5.32 Å². The summed E-state index contributed by atoms with van der Waals surface area (Å²) in [6, 6.07) is 15.1. The number of carbonyl (C=O) groups excluding carboxylic acids is 2. The first-order valence-corrected chi connectivity index (χ1v) is 13.7. The van der Waals surface area contributed by atoms with Crippen LogP contribution >= 0.6 is 22.9 Å². The van der Waals surface area contributed by atoms with Crippen LogP contribution in [-0.2, 0) is 11.2 Å². The number of halogens is 2. The predicted octanol–water partition coefficient (Wildman–Crippen LogP) is 6.59. The van der Waals surface area contributed by atoms with Crippen LogP contribution in [-0.4, -0.2) is 39.8 Å². The van der Waals surface area contributed by atoms with Crippen molar-refractivity contribution in [1.82, 2.24) is 14.9 Å². The first kappa shape index (κ1) is 26.0. The summed E-state index contributed by atoms with van der Waals surface area (Å²) in [6.07, 6.45) is 6.30. The molecule has 0 saturated carbocycles. The molecule has 0 bridgehead atoms. The Labute approximate surface area is 229 Å². The molecule has 0 unspecified atom stereocenters. The molecule has 3 heterocycles. The maximum atomic E-state index is 14.0. The van der Waals surface area contributed by atoms with Crippen molar-refractivity contribution in [1.29, 1.82) is 0 Å². The number of nitrogens with one attached hydrogen (secondary N) is 1. The number of carbonyl (C=O) groups is 2. The summed E-state index contributed by atoms with van der Waals surface area (Å²) < 4.78 is 14.0. The highest BCUT2D eigenvalue weighted by Gasteiger charge is 2.26. The van der Waals surface area contributed by atoms with Gasteiger partial charge in [-0.25, -0.2) is 9.37 Å². The first-order valence-electron chi connectivity index (χ1n) is 12.5. The minimum atomic E-state index is -0.397. The van der Waals surface area contributed by atoms with Gasteiger partial charge in [0, 0.05) is 59.5 Å². The third-order valence-electron chi connectivity index (χ3n) is 6.69. The van der Waals surface area contributed by atoms with E-state index in [1.54, 1.807) is 48.1 Å². The molecule has 9 heteroatoms. The van der Waals surface area contributed by atoms with Crippen molar-refractivity contribution in [3.63, 3.8) is 0 Å². The topological polar surface area (TPSA) is 75.2 Å². The van der Waals surface area contributed by atoms with E-state index >= 15 is 0 Å². The maximum Gasteiger partial charge on any atom is 0.275 e. The number of aromatic nitrogens is 2. The van der Waals surface area contributed by atoms with E-state index < -0.39 is 5.82 Å². The number of hydrogen-bond donors (Lipinski definition) is 1. The van der Waals surface area contributed by atoms with Gasteiger partial charge in [0.25, 0.3) is 5.91 Å². The van der Waals surface area contributed by atoms with Crippen LogP contribution in [0.5, 0.6) is 0 Å². The molecule has 1 N–H and O–H groups in total. The second kappa shape index (κ2) is 11.8. The van der Waals surface area contributed by atoms with E-state index in [-0.39, 0.29) is 17.7 Å². The number of pyridine rings is 1. The summed E-state index contributed by atoms with van der Waals surface area (Å²) in [6.45, 7) is 1.36. The van der Waals surface area contributed by atoms with Gasteiger partial charge in [0.05, 0.1) is 5.01 Å². The highest BCUT2D eigenvalue weighted by atomic mass is 35.5. The van der Waals surface area contributed by atoms with Gasteiger partial charge < -0.3 is 10.2 Å². The number of rotatable bonds is 7. The van der Waals surface area contributed by atoms with E-state index in [0.29, 0.717) is 47.9 Å². The number of amides is 2. The van der Waals surface area contributed by atoms with Gasteiger partial charge in [-0.05, 0) is 66.8 Å². The molecule has 1 fully saturated rings. The number of thiazole rings is 1. The monoisotopic (exact) mass is 548 g/mol. The Morgan fingerprint density at radius 2 is 1.89 bits per heavy atom. The zero-order valence-corrected chi connectivity index (χ0v) is 22.1. The van der Waals surface area contributed by atoms with Crippen LogP contribution in [0.25, 0.3) is 11.1 Å². The smallest absolute Gasteiger partial charge is 0.275 e. The van der Waals surface area contributed by atoms with Crippen LogP contribution in [0.1, 0.15) is 46.2 Å². The van der Waals surface area contributed by atoms with Crippen molar-refractivity contribution < 1.29 is 14.0 Å². The lowest BCUT2D eigenvalue weighted by Crippen LogP contribution is -2.38. The van der Waals surface area contributed by atoms with Gasteiger partial charge in [-0.15, -0.1) is 11.3 Å². The molecule has 38 heavy (non-hydrogen) atoms. The zero-order valence-electron chi connectivity index (χ0n) is 20.6. The van der Waals surface area contributed by atoms with E-state index in [4.69, 9.17) is 11.6 Å². The van der Waals surface area contributed by atoms with Crippen molar-refractivity contribution in [3.8, 4) is 11.1 Å². The van der Waals surface area contributed by atoms with Gasteiger partial charge >= 0.3 is 0 Å². The highest BCUT2D eigenvalue weighted by molar-refractivity contribution is 7.10. The Bertz CT molecular complexity index is 1420. The van der Waals surface area contributed by atoms with Crippen molar-refractivity contribution in [2.75, 3.05) is 18.4 Å². The first-order chi connectivity index (χ1) is 18.5. The van der Waals surface area contributed by atoms with Crippen LogP contribution in [0.2, 0.25) is 5.02 Å². The lowest BCUT2D eigenvalue weighted by atomic mass is 9.97. The third-order valence-corrected chi connectivity index (χ3v) is 7.95. The lowest BCUT2D eigenvalue weighted by molar-refractivity contribution is -0.132. The van der Waals surface area contributed by atoms with Crippen molar-refractivity contribution >= 4 is 40.4 Å². The Hall–Kier alpha value is -3.62. The fraction of sp³-hybridized carbons (Fsp3) is 0.241. The number of anilines is 1. The highest BCUT2D eigenvalue weighted by Crippen LogP contribution is 2.32. The Morgan fingerprint density at radius 1 is 1.11 bits per heavy atom. The number of hydrogen-bond acceptors (Lipinski definition) is 5. The molecule has 4 aromatic rings. The molecule has 194 valence electrons. The molecule has 2 aromatic heterocycles. The second-order valence-electron chi connectivity index (χ2n) is 9.24. The molecule has 1 aliphatic rings. The lowest BCUT2D eigenvalue weighted by Gasteiger charge is -2.31. The molecule has 5 rings (SSSR count). The standard InChI is InChI=1S/C29H26ClFN4O2S/c30-22-6-4-20(5-7-22)24-16-23(31)8-9-25(24)33-28(37)26-18-38-29(34-26)21-11-14-35(15-12-21)27(36)10-3-19-2-1-13-32-17-19/h1-2,4-9,13,16-18,21H,3,10-12,14-15H2,(H,33,37). The van der Waals surface area contributed by atoms with E-state index in [9.17, 15) is 14.0 Å². The third kappa shape index (κ3) is 6.26. The molecule has 6 nitrogen and oxygen atoms in total. The largest absolute Gasteiger partial charge is 0.343 e. The van der Waals surface area contributed by atoms with E-state index in [0.717, 1.165) is 29.0 Å². The summed E-state index contributed by atoms with van der Waals surface area (Å²) in [7, 11) is 0. The van der Waals surface area contributed by atoms with Gasteiger partial charge in [-0.3, -0.25) is 14.6 Å². The summed E-state index contributed by atoms with van der Waals surface area (Å²) in [5.74, 6) is -0.384. The number of piperidine rings is 1. The predicted molar refractivity (Wildman–Crippen MR) is 148 cm³/mol. The summed E-state index contributed by atoms with van der Waals surface area (Å²) in [5.41, 5.74) is 3.18. The van der Waals surface area contributed by atoms with Gasteiger partial charge in [0.2, 0.25) is 5.91 Å². The van der Waals surface area contributed by atoms with E-state index in [2.05, 4.69) is 15.3 Å². The molecule has 0 aliphatic carbocycles. The molecule has 0 atom stereocenters. The Kier molecular flexibility index (Phi) is 8.10. The quantitative estimate of drug-likeness (QED) is 0.283. The molecule has 1 saturated heterocycles. The molecule has 0 spiro atoms. The minimum Gasteiger partial charge on any atom is -0.343 e. The van der Waals surface area contributed by atoms with Crippen molar-refractivity contribution in [2.45, 2.75) is 31.6 Å². The molecule has 2 amide bonds. The maximum absolute atomic E-state index is 14.0. The second-order valence-corrected chi connectivity index (χ2v) is 10.6. The summed E-state index contributed by atoms with van der Waals surface area (Å²) in [5, 5.41) is 6.11. The van der Waals surface area contributed by atoms with Gasteiger partial charge in [0.1, 0.15) is 11.5 Å². The zero-order chi connectivity index (χ0) is 26.5. The number of benzene rings is 2. The van der Waals surface area contributed by atoms with Crippen molar-refractivity contribution in [3.05, 3.63) is 99.5 Å². The molecule has 0 radical (unpaired) electrons. The van der Waals surface area contributed by atoms with Crippen LogP contribution in [0.4, 0.5) is 10.1 Å². The van der Waals surface area contributed by atoms with E-state index in [1.165, 1.54) is 23.5 Å². The average molecular weight is 549 g/mol. The van der Waals surface area contributed by atoms with Gasteiger partial charge in [0.15, 0.2) is 0 Å². The summed E-state index contributed by atoms with van der Waals surface area (Å²) in [4.78, 5) is 36.3. The molecular formula is C29H26ClFN4O2S. The molecule has 2 aromatic carbocycles. The number of nitrogens with zero attached hydrogens (tertiary/aromatic N) is 3. The SMILES string of the molecule is O=C(Nc1ccc(F)cc1-c1ccc(Cl)cc1)c1csc(C2CCN(C(=O)CCc3cccnc3)CC2)n1. The van der Waals surface area contributed by atoms with Crippen LogP contribution in [0.3, 0.4) is 0 Å². The summed E-state index contributed by atoms with van der Waals surface area (Å²) >= 11 is 7.45. The van der Waals surface area contributed by atoms with Gasteiger partial charge in [-0.1, -0.05) is 29.8 Å². The van der Waals surface area contributed by atoms with Crippen LogP contribution in [0.15, 0.2) is 72.4 Å². The minimum absolute atomic E-state index is 0.155. The fourth-order valence-electron chi connectivity index (χ4n) is 4.59. The van der Waals surface area contributed by atoms with Crippen molar-refractivity contribution in [2.24, 2.45) is 0 Å². The number of likely N-dealkylation sites (tertiary alicyclic amines) is 1. The number of aryl methyl sites for hydroxylation is 1. The normalized spacial score (nSPS) is 13.9. The van der Waals surface area contributed by atoms with Gasteiger partial charge in [-0.2, -0.15) is 0 Å². The Morgan fingerprint density at radius 3 is 2.63 bits per heavy atom. The Balaban J connectivity index is 1.19. The van der Waals surface area contributed by atoms with Crippen LogP contribution in [0, 0.1) is 5.82 Å². The average Bonchev–Trinajstić information content (AvgIpc) is 3.44.